The van der Waals surface area contributed by atoms with E-state index in [4.69, 9.17) is 4.98 Å². The van der Waals surface area contributed by atoms with E-state index in [-0.39, 0.29) is 0 Å². The number of imidazole rings is 1. The Kier molecular flexibility index (Phi) is 2.77. The second kappa shape index (κ2) is 4.58. The summed E-state index contributed by atoms with van der Waals surface area (Å²) in [6.45, 7) is 2.30. The molecule has 0 radical (unpaired) electrons. The van der Waals surface area contributed by atoms with Gasteiger partial charge in [0.2, 0.25) is 0 Å². The molecule has 0 aromatic carbocycles. The summed E-state index contributed by atoms with van der Waals surface area (Å²) in [4.78, 5) is 8.61. The minimum absolute atomic E-state index is 0.479. The van der Waals surface area contributed by atoms with Crippen molar-refractivity contribution in [3.05, 3.63) is 17.7 Å². The quantitative estimate of drug-likeness (QED) is 0.875. The third kappa shape index (κ3) is 2.00. The molecule has 4 bridgehead atoms. The highest BCUT2D eigenvalue weighted by atomic mass is 15.0. The van der Waals surface area contributed by atoms with Crippen LogP contribution < -0.4 is 5.32 Å². The van der Waals surface area contributed by atoms with Gasteiger partial charge in [-0.2, -0.15) is 0 Å². The molecule has 1 aliphatic heterocycles. The van der Waals surface area contributed by atoms with Gasteiger partial charge in [0.05, 0.1) is 0 Å². The molecule has 1 saturated heterocycles. The Hall–Kier alpha value is -0.830. The average molecular weight is 285 g/mol. The van der Waals surface area contributed by atoms with E-state index in [1.54, 1.807) is 0 Å². The number of hydrogen-bond donors (Lipinski definition) is 2. The molecular weight excluding hydrogens is 258 g/mol. The number of rotatable bonds is 2. The van der Waals surface area contributed by atoms with E-state index in [9.17, 15) is 0 Å². The minimum Gasteiger partial charge on any atom is -0.345 e. The van der Waals surface area contributed by atoms with Crippen LogP contribution in [0.1, 0.15) is 68.8 Å². The molecule has 0 unspecified atom stereocenters. The van der Waals surface area contributed by atoms with Crippen LogP contribution in [0.4, 0.5) is 0 Å². The van der Waals surface area contributed by atoms with Crippen molar-refractivity contribution in [2.24, 2.45) is 17.8 Å². The molecule has 3 nitrogen and oxygen atoms in total. The van der Waals surface area contributed by atoms with Crippen LogP contribution in [0, 0.1) is 17.8 Å². The van der Waals surface area contributed by atoms with Crippen LogP contribution >= 0.6 is 0 Å². The summed E-state index contributed by atoms with van der Waals surface area (Å²) in [5.41, 5.74) is 1.97. The van der Waals surface area contributed by atoms with Crippen molar-refractivity contribution in [3.63, 3.8) is 0 Å². The number of piperidine rings is 1. The Morgan fingerprint density at radius 2 is 1.57 bits per heavy atom. The summed E-state index contributed by atoms with van der Waals surface area (Å²) in [6, 6.07) is 0. The lowest BCUT2D eigenvalue weighted by Gasteiger charge is -2.56. The van der Waals surface area contributed by atoms with Crippen molar-refractivity contribution in [1.29, 1.82) is 0 Å². The first-order chi connectivity index (χ1) is 10.3. The molecule has 6 rings (SSSR count). The van der Waals surface area contributed by atoms with Gasteiger partial charge in [-0.15, -0.1) is 0 Å². The Balaban J connectivity index is 1.44. The second-order valence-corrected chi connectivity index (χ2v) is 8.40. The van der Waals surface area contributed by atoms with Gasteiger partial charge in [-0.05, 0) is 82.2 Å². The molecular formula is C18H27N3. The molecule has 2 N–H and O–H groups in total. The number of nitrogens with zero attached hydrogens (tertiary/aromatic N) is 1. The molecule has 0 spiro atoms. The van der Waals surface area contributed by atoms with Crippen LogP contribution in [0.15, 0.2) is 6.20 Å². The van der Waals surface area contributed by atoms with Crippen LogP contribution in [-0.2, 0) is 5.41 Å². The Morgan fingerprint density at radius 1 is 0.952 bits per heavy atom. The lowest BCUT2D eigenvalue weighted by molar-refractivity contribution is -0.00708. The molecule has 0 atom stereocenters. The Morgan fingerprint density at radius 3 is 2.19 bits per heavy atom. The highest BCUT2D eigenvalue weighted by molar-refractivity contribution is 5.23. The third-order valence-corrected chi connectivity index (χ3v) is 6.93. The van der Waals surface area contributed by atoms with Crippen molar-refractivity contribution in [3.8, 4) is 0 Å². The smallest absolute Gasteiger partial charge is 0.109 e. The number of nitrogens with one attached hydrogen (secondary N) is 2. The summed E-state index contributed by atoms with van der Waals surface area (Å²) in [7, 11) is 0. The van der Waals surface area contributed by atoms with Gasteiger partial charge in [0.15, 0.2) is 0 Å². The van der Waals surface area contributed by atoms with E-state index in [0.717, 1.165) is 30.8 Å². The first-order valence-electron chi connectivity index (χ1n) is 9.07. The molecule has 0 amide bonds. The zero-order valence-electron chi connectivity index (χ0n) is 12.9. The zero-order chi connectivity index (χ0) is 13.9. The van der Waals surface area contributed by atoms with E-state index in [1.165, 1.54) is 62.9 Å². The fraction of sp³-hybridized carbons (Fsp3) is 0.833. The molecule has 4 saturated carbocycles. The van der Waals surface area contributed by atoms with E-state index < -0.39 is 0 Å². The van der Waals surface area contributed by atoms with Crippen molar-refractivity contribution in [2.75, 3.05) is 13.1 Å². The maximum absolute atomic E-state index is 4.81. The molecule has 5 fully saturated rings. The van der Waals surface area contributed by atoms with Gasteiger partial charge in [-0.25, -0.2) is 4.98 Å². The minimum atomic E-state index is 0.479. The molecule has 1 aromatic heterocycles. The summed E-state index contributed by atoms with van der Waals surface area (Å²) in [5, 5.41) is 3.46. The van der Waals surface area contributed by atoms with Gasteiger partial charge in [0, 0.05) is 23.2 Å². The molecule has 114 valence electrons. The van der Waals surface area contributed by atoms with Gasteiger partial charge in [0.25, 0.3) is 0 Å². The van der Waals surface area contributed by atoms with Gasteiger partial charge >= 0.3 is 0 Å². The predicted octanol–water partition coefficient (Wildman–Crippen LogP) is 3.34. The summed E-state index contributed by atoms with van der Waals surface area (Å²) in [6.07, 6.45) is 13.6. The van der Waals surface area contributed by atoms with Gasteiger partial charge < -0.3 is 10.3 Å². The highest BCUT2D eigenvalue weighted by Crippen LogP contribution is 2.60. The summed E-state index contributed by atoms with van der Waals surface area (Å²) < 4.78 is 0. The van der Waals surface area contributed by atoms with Crippen molar-refractivity contribution in [1.82, 2.24) is 15.3 Å². The molecule has 1 aromatic rings. The van der Waals surface area contributed by atoms with Crippen LogP contribution in [0.25, 0.3) is 0 Å². The maximum atomic E-state index is 4.81. The monoisotopic (exact) mass is 285 g/mol. The zero-order valence-corrected chi connectivity index (χ0v) is 12.9. The van der Waals surface area contributed by atoms with Crippen molar-refractivity contribution in [2.45, 2.75) is 62.7 Å². The topological polar surface area (TPSA) is 40.7 Å². The fourth-order valence-corrected chi connectivity index (χ4v) is 6.35. The lowest BCUT2D eigenvalue weighted by Crippen LogP contribution is -2.48. The van der Waals surface area contributed by atoms with Crippen LogP contribution in [-0.4, -0.2) is 23.1 Å². The molecule has 2 heterocycles. The number of hydrogen-bond acceptors (Lipinski definition) is 2. The Labute approximate surface area is 127 Å². The van der Waals surface area contributed by atoms with Gasteiger partial charge in [-0.1, -0.05) is 0 Å². The van der Waals surface area contributed by atoms with E-state index in [2.05, 4.69) is 16.5 Å². The van der Waals surface area contributed by atoms with Crippen LogP contribution in [0.3, 0.4) is 0 Å². The first kappa shape index (κ1) is 12.7. The Bertz CT molecular complexity index is 491. The standard InChI is InChI=1S/C18H27N3/c1-3-19-4-2-15(1)17-20-11-16(21-17)18-8-12-5-13(9-18)7-14(6-12)10-18/h11-15,19H,1-10H2,(H,20,21). The second-order valence-electron chi connectivity index (χ2n) is 8.40. The largest absolute Gasteiger partial charge is 0.345 e. The maximum Gasteiger partial charge on any atom is 0.109 e. The highest BCUT2D eigenvalue weighted by Gasteiger charge is 2.52. The average Bonchev–Trinajstić information content (AvgIpc) is 2.97. The van der Waals surface area contributed by atoms with E-state index >= 15 is 0 Å². The van der Waals surface area contributed by atoms with E-state index in [1.807, 2.05) is 0 Å². The molecule has 3 heteroatoms. The van der Waals surface area contributed by atoms with Crippen LogP contribution in [0.2, 0.25) is 0 Å². The van der Waals surface area contributed by atoms with Gasteiger partial charge in [0.1, 0.15) is 5.82 Å². The predicted molar refractivity (Wildman–Crippen MR) is 83.3 cm³/mol. The molecule has 21 heavy (non-hydrogen) atoms. The van der Waals surface area contributed by atoms with E-state index in [0.29, 0.717) is 11.3 Å². The van der Waals surface area contributed by atoms with Gasteiger partial charge in [-0.3, -0.25) is 0 Å². The number of H-pyrrole nitrogens is 1. The molecule has 4 aliphatic carbocycles. The molecule has 5 aliphatic rings. The normalized spacial score (nSPS) is 42.6. The van der Waals surface area contributed by atoms with Crippen molar-refractivity contribution >= 4 is 0 Å². The van der Waals surface area contributed by atoms with Crippen LogP contribution in [0.5, 0.6) is 0 Å². The third-order valence-electron chi connectivity index (χ3n) is 6.93. The number of aromatic nitrogens is 2. The number of aromatic amines is 1. The first-order valence-corrected chi connectivity index (χ1v) is 9.07. The SMILES string of the molecule is c1nc(C2CCNCC2)[nH]c1C12CC3CC(CC(C3)C1)C2. The van der Waals surface area contributed by atoms with Crippen molar-refractivity contribution < 1.29 is 0 Å². The fourth-order valence-electron chi connectivity index (χ4n) is 6.35. The lowest BCUT2D eigenvalue weighted by atomic mass is 9.49. The summed E-state index contributed by atoms with van der Waals surface area (Å²) >= 11 is 0. The summed E-state index contributed by atoms with van der Waals surface area (Å²) in [5.74, 6) is 4.99.